The van der Waals surface area contributed by atoms with Crippen LogP contribution in [0.15, 0.2) is 0 Å². The zero-order valence-corrected chi connectivity index (χ0v) is 10.0. The highest BCUT2D eigenvalue weighted by Crippen LogP contribution is 2.26. The number of alkyl halides is 2. The van der Waals surface area contributed by atoms with Gasteiger partial charge in [-0.3, -0.25) is 0 Å². The van der Waals surface area contributed by atoms with Crippen LogP contribution in [0.25, 0.3) is 0 Å². The van der Waals surface area contributed by atoms with Gasteiger partial charge in [0.2, 0.25) is 0 Å². The van der Waals surface area contributed by atoms with Crippen LogP contribution in [0.2, 0.25) is 0 Å². The predicted octanol–water partition coefficient (Wildman–Crippen LogP) is 2.15. The minimum Gasteiger partial charge on any atom is -0.314 e. The molecule has 1 aromatic rings. The van der Waals surface area contributed by atoms with E-state index in [0.29, 0.717) is 12.2 Å². The molecule has 1 N–H and O–H groups in total. The van der Waals surface area contributed by atoms with Crippen molar-refractivity contribution in [3.8, 4) is 0 Å². The lowest BCUT2D eigenvalue weighted by molar-refractivity contribution is 0.132. The Balaban J connectivity index is 3.09. The minimum atomic E-state index is -2.54. The molecule has 0 aliphatic rings. The second-order valence-corrected chi connectivity index (χ2v) is 4.18. The van der Waals surface area contributed by atoms with Gasteiger partial charge in [-0.2, -0.15) is 0 Å². The van der Waals surface area contributed by atoms with Gasteiger partial charge < -0.3 is 5.32 Å². The summed E-state index contributed by atoms with van der Waals surface area (Å²) < 4.78 is 27.2. The molecule has 6 heteroatoms. The smallest absolute Gasteiger partial charge is 0.281 e. The topological polar surface area (TPSA) is 42.7 Å². The van der Waals surface area contributed by atoms with E-state index >= 15 is 0 Å². The first-order valence-corrected chi connectivity index (χ1v) is 5.35. The van der Waals surface area contributed by atoms with Gasteiger partial charge in [-0.1, -0.05) is 19.1 Å². The normalized spacial score (nSPS) is 13.8. The number of nitrogens with one attached hydrogen (secondary N) is 1. The number of nitrogens with zero attached hydrogens (tertiary/aromatic N) is 3. The molecular formula is C10H18F2N4. The number of hydrogen-bond donors (Lipinski definition) is 1. The van der Waals surface area contributed by atoms with Gasteiger partial charge in [-0.15, -0.1) is 5.10 Å². The van der Waals surface area contributed by atoms with E-state index in [1.165, 1.54) is 4.68 Å². The SMILES string of the molecule is CNCc1nnn(C(C)C(C)C)c1C(F)F. The molecule has 0 spiro atoms. The van der Waals surface area contributed by atoms with Crippen molar-refractivity contribution in [2.75, 3.05) is 7.05 Å². The second kappa shape index (κ2) is 5.34. The van der Waals surface area contributed by atoms with Crippen LogP contribution < -0.4 is 5.32 Å². The molecule has 0 amide bonds. The second-order valence-electron chi connectivity index (χ2n) is 4.18. The van der Waals surface area contributed by atoms with Crippen LogP contribution in [-0.4, -0.2) is 22.0 Å². The third-order valence-electron chi connectivity index (χ3n) is 2.71. The highest BCUT2D eigenvalue weighted by molar-refractivity contribution is 5.12. The van der Waals surface area contributed by atoms with Gasteiger partial charge in [-0.25, -0.2) is 13.5 Å². The largest absolute Gasteiger partial charge is 0.314 e. The maximum Gasteiger partial charge on any atom is 0.281 e. The first-order valence-electron chi connectivity index (χ1n) is 5.35. The van der Waals surface area contributed by atoms with Gasteiger partial charge in [0, 0.05) is 6.54 Å². The zero-order chi connectivity index (χ0) is 12.3. The van der Waals surface area contributed by atoms with E-state index in [1.807, 2.05) is 20.8 Å². The summed E-state index contributed by atoms with van der Waals surface area (Å²) in [6.07, 6.45) is -2.54. The summed E-state index contributed by atoms with van der Waals surface area (Å²) in [5.74, 6) is 0.238. The molecule has 4 nitrogen and oxygen atoms in total. The number of aromatic nitrogens is 3. The van der Waals surface area contributed by atoms with Gasteiger partial charge in [0.25, 0.3) is 6.43 Å². The van der Waals surface area contributed by atoms with E-state index < -0.39 is 6.43 Å². The third kappa shape index (κ3) is 2.55. The molecule has 0 saturated heterocycles. The Hall–Kier alpha value is -1.04. The molecule has 92 valence electrons. The fourth-order valence-corrected chi connectivity index (χ4v) is 1.44. The number of hydrogen-bond acceptors (Lipinski definition) is 3. The van der Waals surface area contributed by atoms with Crippen LogP contribution >= 0.6 is 0 Å². The summed E-state index contributed by atoms with van der Waals surface area (Å²) in [4.78, 5) is 0. The third-order valence-corrected chi connectivity index (χ3v) is 2.71. The maximum absolute atomic E-state index is 12.9. The fraction of sp³-hybridized carbons (Fsp3) is 0.800. The molecule has 0 saturated carbocycles. The Bertz CT molecular complexity index is 336. The van der Waals surface area contributed by atoms with Crippen LogP contribution in [0, 0.1) is 5.92 Å². The summed E-state index contributed by atoms with van der Waals surface area (Å²) in [7, 11) is 1.69. The zero-order valence-electron chi connectivity index (χ0n) is 10.0. The maximum atomic E-state index is 12.9. The average molecular weight is 232 g/mol. The summed E-state index contributed by atoms with van der Waals surface area (Å²) in [6, 6.07) is -0.0814. The monoisotopic (exact) mass is 232 g/mol. The van der Waals surface area contributed by atoms with Crippen LogP contribution in [0.1, 0.15) is 44.6 Å². The summed E-state index contributed by atoms with van der Waals surface area (Å²) in [6.45, 7) is 6.12. The molecular weight excluding hydrogens is 214 g/mol. The first-order chi connectivity index (χ1) is 7.49. The summed E-state index contributed by atoms with van der Waals surface area (Å²) in [5.41, 5.74) is 0.251. The fourth-order valence-electron chi connectivity index (χ4n) is 1.44. The molecule has 0 fully saturated rings. The first kappa shape index (κ1) is 13.0. The molecule has 1 atom stereocenters. The van der Waals surface area contributed by atoms with Crippen molar-refractivity contribution in [1.82, 2.24) is 20.3 Å². The lowest BCUT2D eigenvalue weighted by Gasteiger charge is -2.18. The van der Waals surface area contributed by atoms with Crippen LogP contribution in [0.4, 0.5) is 8.78 Å². The Morgan fingerprint density at radius 3 is 2.38 bits per heavy atom. The van der Waals surface area contributed by atoms with Crippen molar-refractivity contribution in [2.45, 2.75) is 39.8 Å². The van der Waals surface area contributed by atoms with E-state index in [2.05, 4.69) is 15.6 Å². The molecule has 1 aromatic heterocycles. The molecule has 1 heterocycles. The van der Waals surface area contributed by atoms with Crippen molar-refractivity contribution in [3.05, 3.63) is 11.4 Å². The van der Waals surface area contributed by atoms with E-state index in [-0.39, 0.29) is 17.7 Å². The summed E-state index contributed by atoms with van der Waals surface area (Å²) >= 11 is 0. The van der Waals surface area contributed by atoms with Crippen LogP contribution in [-0.2, 0) is 6.54 Å². The molecule has 0 aliphatic heterocycles. The predicted molar refractivity (Wildman–Crippen MR) is 57.3 cm³/mol. The van der Waals surface area contributed by atoms with Gasteiger partial charge in [-0.05, 0) is 19.9 Å². The van der Waals surface area contributed by atoms with E-state index in [0.717, 1.165) is 0 Å². The Kier molecular flexibility index (Phi) is 4.35. The average Bonchev–Trinajstić information content (AvgIpc) is 2.60. The van der Waals surface area contributed by atoms with Crippen molar-refractivity contribution in [1.29, 1.82) is 0 Å². The van der Waals surface area contributed by atoms with E-state index in [4.69, 9.17) is 0 Å². The van der Waals surface area contributed by atoms with Crippen molar-refractivity contribution in [3.63, 3.8) is 0 Å². The molecule has 0 aliphatic carbocycles. The van der Waals surface area contributed by atoms with Crippen LogP contribution in [0.5, 0.6) is 0 Å². The standard InChI is InChI=1S/C10H18F2N4/c1-6(2)7(3)16-9(10(11)12)8(5-13-4)14-15-16/h6-7,10,13H,5H2,1-4H3. The minimum absolute atomic E-state index is 0.0736. The number of halogens is 2. The molecule has 0 radical (unpaired) electrons. The number of rotatable bonds is 5. The van der Waals surface area contributed by atoms with E-state index in [1.54, 1.807) is 7.05 Å². The van der Waals surface area contributed by atoms with E-state index in [9.17, 15) is 8.78 Å². The molecule has 1 unspecified atom stereocenters. The molecule has 0 bridgehead atoms. The lowest BCUT2D eigenvalue weighted by Crippen LogP contribution is -2.17. The Morgan fingerprint density at radius 2 is 1.94 bits per heavy atom. The van der Waals surface area contributed by atoms with Gasteiger partial charge in [0.1, 0.15) is 11.4 Å². The highest BCUT2D eigenvalue weighted by atomic mass is 19.3. The van der Waals surface area contributed by atoms with Crippen LogP contribution in [0.3, 0.4) is 0 Å². The van der Waals surface area contributed by atoms with Crippen molar-refractivity contribution in [2.24, 2.45) is 5.92 Å². The Morgan fingerprint density at radius 1 is 1.31 bits per heavy atom. The molecule has 16 heavy (non-hydrogen) atoms. The van der Waals surface area contributed by atoms with Gasteiger partial charge in [0.05, 0.1) is 6.04 Å². The van der Waals surface area contributed by atoms with Gasteiger partial charge in [0.15, 0.2) is 0 Å². The quantitative estimate of drug-likeness (QED) is 0.845. The van der Waals surface area contributed by atoms with Crippen molar-refractivity contribution < 1.29 is 8.78 Å². The van der Waals surface area contributed by atoms with Gasteiger partial charge >= 0.3 is 0 Å². The van der Waals surface area contributed by atoms with Crippen molar-refractivity contribution >= 4 is 0 Å². The highest BCUT2D eigenvalue weighted by Gasteiger charge is 2.25. The summed E-state index contributed by atoms with van der Waals surface area (Å²) in [5, 5.41) is 10.4. The molecule has 0 aromatic carbocycles. The Labute approximate surface area is 94.0 Å². The molecule has 1 rings (SSSR count). The lowest BCUT2D eigenvalue weighted by atomic mass is 10.1.